The monoisotopic (exact) mass is 318 g/mol. The smallest absolute Gasteiger partial charge is 0.188 e. The van der Waals surface area contributed by atoms with Crippen LogP contribution in [0.15, 0.2) is 17.5 Å². The van der Waals surface area contributed by atoms with Crippen LogP contribution in [0.5, 0.6) is 0 Å². The van der Waals surface area contributed by atoms with Gasteiger partial charge in [-0.25, -0.2) is 9.97 Å². The van der Waals surface area contributed by atoms with Crippen LogP contribution >= 0.6 is 0 Å². The number of aromatic nitrogens is 4. The molecule has 0 bridgehead atoms. The normalized spacial score (nSPS) is 18.5. The summed E-state index contributed by atoms with van der Waals surface area (Å²) < 4.78 is 7.22. The van der Waals surface area contributed by atoms with E-state index in [-0.39, 0.29) is 6.10 Å². The number of nitrogens with one attached hydrogen (secondary N) is 2. The highest BCUT2D eigenvalue weighted by Gasteiger charge is 2.14. The van der Waals surface area contributed by atoms with E-state index in [2.05, 4.69) is 30.7 Å². The average molecular weight is 318 g/mol. The molecule has 1 fully saturated rings. The maximum Gasteiger partial charge on any atom is 0.188 e. The molecule has 23 heavy (non-hydrogen) atoms. The lowest BCUT2D eigenvalue weighted by atomic mass is 10.2. The number of hydrogen-bond donors (Lipinski definition) is 3. The van der Waals surface area contributed by atoms with Gasteiger partial charge in [-0.15, -0.1) is 0 Å². The number of guanidine groups is 1. The Kier molecular flexibility index (Phi) is 4.86. The van der Waals surface area contributed by atoms with Crippen LogP contribution in [0.3, 0.4) is 0 Å². The number of rotatable bonds is 6. The van der Waals surface area contributed by atoms with E-state index in [1.54, 1.807) is 10.9 Å². The third-order valence-corrected chi connectivity index (χ3v) is 3.74. The van der Waals surface area contributed by atoms with Crippen molar-refractivity contribution in [1.82, 2.24) is 25.1 Å². The van der Waals surface area contributed by atoms with Crippen LogP contribution in [-0.2, 0) is 11.8 Å². The van der Waals surface area contributed by atoms with E-state index < -0.39 is 0 Å². The molecule has 0 aromatic carbocycles. The molecule has 9 nitrogen and oxygen atoms in total. The first-order valence-electron chi connectivity index (χ1n) is 7.76. The lowest BCUT2D eigenvalue weighted by Crippen LogP contribution is -2.35. The first-order chi connectivity index (χ1) is 11.2. The average Bonchev–Trinajstić information content (AvgIpc) is 3.20. The number of aryl methyl sites for hydroxylation is 1. The predicted molar refractivity (Wildman–Crippen MR) is 88.3 cm³/mol. The van der Waals surface area contributed by atoms with Gasteiger partial charge in [0.15, 0.2) is 11.6 Å². The van der Waals surface area contributed by atoms with Crippen LogP contribution in [0.25, 0.3) is 11.0 Å². The van der Waals surface area contributed by atoms with Gasteiger partial charge in [0.1, 0.15) is 12.1 Å². The fourth-order valence-corrected chi connectivity index (χ4v) is 2.52. The van der Waals surface area contributed by atoms with Gasteiger partial charge in [0.25, 0.3) is 0 Å². The Morgan fingerprint density at radius 1 is 1.48 bits per heavy atom. The molecule has 3 rings (SSSR count). The number of anilines is 1. The van der Waals surface area contributed by atoms with E-state index in [0.717, 1.165) is 36.3 Å². The van der Waals surface area contributed by atoms with Crippen molar-refractivity contribution in [2.45, 2.75) is 18.9 Å². The molecule has 2 aromatic heterocycles. The third kappa shape index (κ3) is 3.86. The van der Waals surface area contributed by atoms with E-state index in [4.69, 9.17) is 10.5 Å². The number of aliphatic imine (C=N–C) groups is 1. The molecule has 1 aliphatic rings. The zero-order valence-electron chi connectivity index (χ0n) is 13.2. The molecular weight excluding hydrogens is 296 g/mol. The molecule has 1 saturated heterocycles. The molecular formula is C14H22N8O. The largest absolute Gasteiger partial charge is 0.376 e. The Hall–Kier alpha value is -2.42. The molecule has 0 aliphatic carbocycles. The highest BCUT2D eigenvalue weighted by molar-refractivity contribution is 5.86. The van der Waals surface area contributed by atoms with Gasteiger partial charge in [-0.05, 0) is 12.8 Å². The summed E-state index contributed by atoms with van der Waals surface area (Å²) in [6, 6.07) is 0. The van der Waals surface area contributed by atoms with Crippen molar-refractivity contribution in [3.63, 3.8) is 0 Å². The molecule has 0 spiro atoms. The fourth-order valence-electron chi connectivity index (χ4n) is 2.52. The minimum atomic E-state index is 0.216. The van der Waals surface area contributed by atoms with Gasteiger partial charge >= 0.3 is 0 Å². The Labute approximate surface area is 134 Å². The van der Waals surface area contributed by atoms with Crippen molar-refractivity contribution in [3.8, 4) is 0 Å². The Morgan fingerprint density at radius 3 is 3.22 bits per heavy atom. The van der Waals surface area contributed by atoms with Crippen LogP contribution in [-0.4, -0.2) is 58.1 Å². The number of nitrogens with zero attached hydrogens (tertiary/aromatic N) is 5. The first kappa shape index (κ1) is 15.5. The molecule has 9 heteroatoms. The zero-order chi connectivity index (χ0) is 16.1. The van der Waals surface area contributed by atoms with Gasteiger partial charge < -0.3 is 21.1 Å². The maximum absolute atomic E-state index is 5.84. The molecule has 1 aliphatic heterocycles. The van der Waals surface area contributed by atoms with E-state index in [9.17, 15) is 0 Å². The van der Waals surface area contributed by atoms with E-state index in [1.165, 1.54) is 6.33 Å². The van der Waals surface area contributed by atoms with Crippen molar-refractivity contribution in [2.75, 3.05) is 31.6 Å². The highest BCUT2D eigenvalue weighted by atomic mass is 16.5. The highest BCUT2D eigenvalue weighted by Crippen LogP contribution is 2.17. The summed E-state index contributed by atoms with van der Waals surface area (Å²) in [5.74, 6) is 1.20. The van der Waals surface area contributed by atoms with Crippen LogP contribution in [0.4, 0.5) is 5.82 Å². The minimum Gasteiger partial charge on any atom is -0.376 e. The van der Waals surface area contributed by atoms with Gasteiger partial charge in [0.2, 0.25) is 0 Å². The second kappa shape index (κ2) is 7.23. The van der Waals surface area contributed by atoms with Gasteiger partial charge in [-0.3, -0.25) is 9.67 Å². The number of ether oxygens (including phenoxy) is 1. The lowest BCUT2D eigenvalue weighted by molar-refractivity contribution is 0.118. The van der Waals surface area contributed by atoms with Crippen LogP contribution in [0.2, 0.25) is 0 Å². The summed E-state index contributed by atoms with van der Waals surface area (Å²) in [6.07, 6.45) is 5.67. The second-order valence-corrected chi connectivity index (χ2v) is 5.44. The van der Waals surface area contributed by atoms with E-state index >= 15 is 0 Å². The number of nitrogens with two attached hydrogens (primary N) is 1. The predicted octanol–water partition coefficient (Wildman–Crippen LogP) is -0.141. The Bertz CT molecular complexity index is 676. The maximum atomic E-state index is 5.84. The summed E-state index contributed by atoms with van der Waals surface area (Å²) in [4.78, 5) is 12.7. The van der Waals surface area contributed by atoms with E-state index in [1.807, 2.05) is 7.05 Å². The molecule has 3 heterocycles. The minimum absolute atomic E-state index is 0.216. The third-order valence-electron chi connectivity index (χ3n) is 3.74. The van der Waals surface area contributed by atoms with E-state index in [0.29, 0.717) is 25.6 Å². The molecule has 4 N–H and O–H groups in total. The second-order valence-electron chi connectivity index (χ2n) is 5.44. The Balaban J connectivity index is 1.44. The van der Waals surface area contributed by atoms with Crippen molar-refractivity contribution in [2.24, 2.45) is 17.8 Å². The van der Waals surface area contributed by atoms with Gasteiger partial charge in [-0.2, -0.15) is 5.10 Å². The standard InChI is InChI=1S/C14H22N8O/c1-22-13-11(8-21-22)12(19-9-20-13)16-4-5-17-14(15)18-7-10-3-2-6-23-10/h8-10H,2-7H2,1H3,(H3,15,17,18)(H,16,19,20). The first-order valence-corrected chi connectivity index (χ1v) is 7.76. The van der Waals surface area contributed by atoms with Crippen molar-refractivity contribution in [3.05, 3.63) is 12.5 Å². The molecule has 0 amide bonds. The van der Waals surface area contributed by atoms with Crippen molar-refractivity contribution in [1.29, 1.82) is 0 Å². The Morgan fingerprint density at radius 2 is 2.39 bits per heavy atom. The molecule has 0 saturated carbocycles. The van der Waals surface area contributed by atoms with Gasteiger partial charge in [0, 0.05) is 26.7 Å². The summed E-state index contributed by atoms with van der Waals surface area (Å²) in [7, 11) is 1.85. The van der Waals surface area contributed by atoms with Crippen molar-refractivity contribution >= 4 is 22.8 Å². The molecule has 1 unspecified atom stereocenters. The summed E-state index contributed by atoms with van der Waals surface area (Å²) in [5, 5.41) is 11.4. The summed E-state index contributed by atoms with van der Waals surface area (Å²) >= 11 is 0. The van der Waals surface area contributed by atoms with Crippen molar-refractivity contribution < 1.29 is 4.74 Å². The zero-order valence-corrected chi connectivity index (χ0v) is 13.2. The van der Waals surface area contributed by atoms with Crippen LogP contribution < -0.4 is 16.4 Å². The number of hydrogen-bond acceptors (Lipinski definition) is 6. The molecule has 2 aromatic rings. The SMILES string of the molecule is Cn1ncc2c(NCCNC(N)=NCC3CCCO3)ncnc21. The number of fused-ring (bicyclic) bond motifs is 1. The molecule has 1 atom stereocenters. The summed E-state index contributed by atoms with van der Waals surface area (Å²) in [5.41, 5.74) is 6.64. The van der Waals surface area contributed by atoms with Gasteiger partial charge in [0.05, 0.1) is 24.2 Å². The summed E-state index contributed by atoms with van der Waals surface area (Å²) in [6.45, 7) is 2.76. The molecule has 0 radical (unpaired) electrons. The topological polar surface area (TPSA) is 115 Å². The fraction of sp³-hybridized carbons (Fsp3) is 0.571. The van der Waals surface area contributed by atoms with Gasteiger partial charge in [-0.1, -0.05) is 0 Å². The quantitative estimate of drug-likeness (QED) is 0.386. The lowest BCUT2D eigenvalue weighted by Gasteiger charge is -2.09. The van der Waals surface area contributed by atoms with Crippen LogP contribution in [0.1, 0.15) is 12.8 Å². The van der Waals surface area contributed by atoms with Crippen LogP contribution in [0, 0.1) is 0 Å². The molecule has 124 valence electrons.